The van der Waals surface area contributed by atoms with Crippen LogP contribution in [-0.2, 0) is 17.9 Å². The SMILES string of the molecule is O=C(/C=C/c1ccc(OCc2cccnc2)cc1)Nc1ccccc1C(=O)NCc1ccco1. The number of furan rings is 1. The Morgan fingerprint density at radius 2 is 1.82 bits per heavy atom. The molecule has 2 N–H and O–H groups in total. The van der Waals surface area contributed by atoms with Crippen LogP contribution in [0.4, 0.5) is 5.69 Å². The molecule has 7 nitrogen and oxygen atoms in total. The Balaban J connectivity index is 1.31. The number of carbonyl (C=O) groups excluding carboxylic acids is 2. The van der Waals surface area contributed by atoms with Crippen LogP contribution in [0, 0.1) is 0 Å². The van der Waals surface area contributed by atoms with E-state index in [0.717, 1.165) is 16.9 Å². The largest absolute Gasteiger partial charge is 0.489 e. The van der Waals surface area contributed by atoms with Crippen molar-refractivity contribution in [3.8, 4) is 5.75 Å². The number of ether oxygens (including phenoxy) is 1. The lowest BCUT2D eigenvalue weighted by molar-refractivity contribution is -0.111. The Kier molecular flexibility index (Phi) is 7.48. The lowest BCUT2D eigenvalue weighted by atomic mass is 10.1. The number of hydrogen-bond donors (Lipinski definition) is 2. The third-order valence-electron chi connectivity index (χ3n) is 4.87. The van der Waals surface area contributed by atoms with Gasteiger partial charge in [-0.15, -0.1) is 0 Å². The van der Waals surface area contributed by atoms with Crippen molar-refractivity contribution in [2.45, 2.75) is 13.2 Å². The number of benzene rings is 2. The molecule has 0 saturated heterocycles. The molecule has 7 heteroatoms. The minimum absolute atomic E-state index is 0.260. The van der Waals surface area contributed by atoms with Crippen molar-refractivity contribution in [1.29, 1.82) is 0 Å². The van der Waals surface area contributed by atoms with E-state index in [1.807, 2.05) is 36.4 Å². The van der Waals surface area contributed by atoms with Crippen LogP contribution in [0.2, 0.25) is 0 Å². The van der Waals surface area contributed by atoms with E-state index in [4.69, 9.17) is 9.15 Å². The summed E-state index contributed by atoms with van der Waals surface area (Å²) >= 11 is 0. The van der Waals surface area contributed by atoms with Crippen molar-refractivity contribution in [2.75, 3.05) is 5.32 Å². The summed E-state index contributed by atoms with van der Waals surface area (Å²) in [6.45, 7) is 0.690. The second-order valence-corrected chi connectivity index (χ2v) is 7.35. The number of para-hydroxylation sites is 1. The molecule has 0 atom stereocenters. The van der Waals surface area contributed by atoms with E-state index in [9.17, 15) is 9.59 Å². The van der Waals surface area contributed by atoms with Crippen LogP contribution in [0.5, 0.6) is 5.75 Å². The number of rotatable bonds is 9. The van der Waals surface area contributed by atoms with Crippen LogP contribution in [0.3, 0.4) is 0 Å². The molecule has 4 rings (SSSR count). The topological polar surface area (TPSA) is 93.5 Å². The second kappa shape index (κ2) is 11.3. The standard InChI is InChI=1S/C27H23N3O4/c31-26(14-11-20-9-12-22(13-10-20)34-19-21-5-3-15-28-17-21)30-25-8-2-1-7-24(25)27(32)29-18-23-6-4-16-33-23/h1-17H,18-19H2,(H,29,32)(H,30,31)/b14-11+. The Morgan fingerprint density at radius 1 is 0.971 bits per heavy atom. The van der Waals surface area contributed by atoms with Gasteiger partial charge in [-0.1, -0.05) is 30.3 Å². The summed E-state index contributed by atoms with van der Waals surface area (Å²) in [5.41, 5.74) is 2.62. The van der Waals surface area contributed by atoms with Crippen molar-refractivity contribution in [2.24, 2.45) is 0 Å². The van der Waals surface area contributed by atoms with Crippen LogP contribution in [0.25, 0.3) is 6.08 Å². The van der Waals surface area contributed by atoms with E-state index in [-0.39, 0.29) is 18.4 Å². The zero-order chi connectivity index (χ0) is 23.6. The van der Waals surface area contributed by atoms with Crippen molar-refractivity contribution >= 4 is 23.6 Å². The first-order chi connectivity index (χ1) is 16.7. The molecular formula is C27H23N3O4. The zero-order valence-electron chi connectivity index (χ0n) is 18.3. The Labute approximate surface area is 197 Å². The fourth-order valence-electron chi connectivity index (χ4n) is 3.14. The van der Waals surface area contributed by atoms with E-state index in [1.165, 1.54) is 6.08 Å². The van der Waals surface area contributed by atoms with Crippen LogP contribution >= 0.6 is 0 Å². The highest BCUT2D eigenvalue weighted by molar-refractivity contribution is 6.07. The van der Waals surface area contributed by atoms with Gasteiger partial charge in [-0.25, -0.2) is 0 Å². The lowest BCUT2D eigenvalue weighted by Gasteiger charge is -2.10. The predicted octanol–water partition coefficient (Wildman–Crippen LogP) is 4.84. The molecule has 0 aliphatic heterocycles. The summed E-state index contributed by atoms with van der Waals surface area (Å²) in [5.74, 6) is 0.715. The van der Waals surface area contributed by atoms with Crippen molar-refractivity contribution in [3.05, 3.63) is 120 Å². The van der Waals surface area contributed by atoms with Crippen LogP contribution in [-0.4, -0.2) is 16.8 Å². The Hall–Kier alpha value is -4.65. The molecule has 0 saturated carbocycles. The molecule has 0 spiro atoms. The van der Waals surface area contributed by atoms with Gasteiger partial charge in [0.2, 0.25) is 5.91 Å². The minimum Gasteiger partial charge on any atom is -0.489 e. The predicted molar refractivity (Wildman–Crippen MR) is 129 cm³/mol. The van der Waals surface area contributed by atoms with Gasteiger partial charge in [0, 0.05) is 24.0 Å². The highest BCUT2D eigenvalue weighted by atomic mass is 16.5. The molecular weight excluding hydrogens is 430 g/mol. The summed E-state index contributed by atoms with van der Waals surface area (Å²) in [5, 5.41) is 5.55. The summed E-state index contributed by atoms with van der Waals surface area (Å²) in [4.78, 5) is 29.1. The number of pyridine rings is 1. The van der Waals surface area contributed by atoms with Gasteiger partial charge < -0.3 is 19.8 Å². The van der Waals surface area contributed by atoms with E-state index >= 15 is 0 Å². The molecule has 0 radical (unpaired) electrons. The molecule has 2 aromatic heterocycles. The van der Waals surface area contributed by atoms with Crippen LogP contribution in [0.15, 0.2) is 102 Å². The number of aromatic nitrogens is 1. The normalized spacial score (nSPS) is 10.7. The van der Waals surface area contributed by atoms with Gasteiger partial charge in [0.05, 0.1) is 24.1 Å². The fourth-order valence-corrected chi connectivity index (χ4v) is 3.14. The molecule has 0 fully saturated rings. The maximum Gasteiger partial charge on any atom is 0.253 e. The fraction of sp³-hybridized carbons (Fsp3) is 0.0741. The molecule has 0 unspecified atom stereocenters. The number of carbonyl (C=O) groups is 2. The third kappa shape index (κ3) is 6.43. The number of anilines is 1. The molecule has 0 bridgehead atoms. The minimum atomic E-state index is -0.344. The van der Waals surface area contributed by atoms with Gasteiger partial charge in [-0.05, 0) is 54.1 Å². The monoisotopic (exact) mass is 453 g/mol. The van der Waals surface area contributed by atoms with Gasteiger partial charge in [0.15, 0.2) is 0 Å². The van der Waals surface area contributed by atoms with Crippen molar-refractivity contribution in [1.82, 2.24) is 10.3 Å². The van der Waals surface area contributed by atoms with E-state index in [0.29, 0.717) is 23.6 Å². The smallest absolute Gasteiger partial charge is 0.253 e. The molecule has 4 aromatic rings. The van der Waals surface area contributed by atoms with Gasteiger partial charge in [0.25, 0.3) is 5.91 Å². The lowest BCUT2D eigenvalue weighted by Crippen LogP contribution is -2.24. The summed E-state index contributed by atoms with van der Waals surface area (Å²) < 4.78 is 11.0. The van der Waals surface area contributed by atoms with E-state index < -0.39 is 0 Å². The molecule has 2 heterocycles. The molecule has 0 aliphatic carbocycles. The van der Waals surface area contributed by atoms with Crippen molar-refractivity contribution < 1.29 is 18.7 Å². The number of amides is 2. The molecule has 2 amide bonds. The first-order valence-electron chi connectivity index (χ1n) is 10.7. The first kappa shape index (κ1) is 22.5. The Morgan fingerprint density at radius 3 is 2.59 bits per heavy atom. The highest BCUT2D eigenvalue weighted by Crippen LogP contribution is 2.17. The van der Waals surface area contributed by atoms with Crippen molar-refractivity contribution in [3.63, 3.8) is 0 Å². The number of nitrogens with zero attached hydrogens (tertiary/aromatic N) is 1. The van der Waals surface area contributed by atoms with Crippen LogP contribution in [0.1, 0.15) is 27.2 Å². The van der Waals surface area contributed by atoms with Gasteiger partial charge in [-0.3, -0.25) is 14.6 Å². The quantitative estimate of drug-likeness (QED) is 0.354. The number of nitrogens with one attached hydrogen (secondary N) is 2. The maximum atomic E-state index is 12.6. The van der Waals surface area contributed by atoms with Gasteiger partial charge in [0.1, 0.15) is 18.1 Å². The van der Waals surface area contributed by atoms with Gasteiger partial charge >= 0.3 is 0 Å². The zero-order valence-corrected chi connectivity index (χ0v) is 18.3. The summed E-state index contributed by atoms with van der Waals surface area (Å²) in [7, 11) is 0. The summed E-state index contributed by atoms with van der Waals surface area (Å²) in [6, 6.07) is 21.6. The molecule has 0 aliphatic rings. The molecule has 2 aromatic carbocycles. The maximum absolute atomic E-state index is 12.6. The average Bonchev–Trinajstić information content (AvgIpc) is 3.40. The number of hydrogen-bond acceptors (Lipinski definition) is 5. The van der Waals surface area contributed by atoms with Crippen LogP contribution < -0.4 is 15.4 Å². The van der Waals surface area contributed by atoms with Gasteiger partial charge in [-0.2, -0.15) is 0 Å². The second-order valence-electron chi connectivity index (χ2n) is 7.35. The average molecular weight is 453 g/mol. The molecule has 34 heavy (non-hydrogen) atoms. The third-order valence-corrected chi connectivity index (χ3v) is 4.87. The Bertz CT molecular complexity index is 1250. The summed E-state index contributed by atoms with van der Waals surface area (Å²) in [6.07, 6.45) is 8.14. The van der Waals surface area contributed by atoms with E-state index in [1.54, 1.807) is 61.1 Å². The molecule has 170 valence electrons. The highest BCUT2D eigenvalue weighted by Gasteiger charge is 2.12. The first-order valence-corrected chi connectivity index (χ1v) is 10.7. The van der Waals surface area contributed by atoms with E-state index in [2.05, 4.69) is 15.6 Å².